The van der Waals surface area contributed by atoms with Crippen LogP contribution < -0.4 is 5.32 Å². The van der Waals surface area contributed by atoms with Crippen LogP contribution in [0.2, 0.25) is 0 Å². The number of nitrogens with one attached hydrogen (secondary N) is 1. The molecule has 0 aliphatic carbocycles. The summed E-state index contributed by atoms with van der Waals surface area (Å²) < 4.78 is 39.1. The van der Waals surface area contributed by atoms with Gasteiger partial charge in [0.1, 0.15) is 0 Å². The zero-order valence-electron chi connectivity index (χ0n) is 9.99. The molecule has 0 bridgehead atoms. The van der Waals surface area contributed by atoms with Crippen LogP contribution >= 0.6 is 0 Å². The molecule has 1 atom stereocenters. The molecule has 94 valence electrons. The Kier molecular flexibility index (Phi) is 2.94. The molecule has 17 heavy (non-hydrogen) atoms. The molecule has 0 aromatic heterocycles. The quantitative estimate of drug-likeness (QED) is 0.794. The summed E-state index contributed by atoms with van der Waals surface area (Å²) in [6.45, 7) is 4.38. The van der Waals surface area contributed by atoms with E-state index in [9.17, 15) is 13.2 Å². The van der Waals surface area contributed by atoms with Gasteiger partial charge in [0.15, 0.2) is 0 Å². The molecule has 0 spiro atoms. The van der Waals surface area contributed by atoms with Crippen molar-refractivity contribution in [3.63, 3.8) is 0 Å². The lowest BCUT2D eigenvalue weighted by Crippen LogP contribution is -2.36. The van der Waals surface area contributed by atoms with Crippen LogP contribution in [0.4, 0.5) is 13.2 Å². The van der Waals surface area contributed by atoms with Crippen LogP contribution in [0.5, 0.6) is 0 Å². The van der Waals surface area contributed by atoms with Crippen molar-refractivity contribution in [1.29, 1.82) is 0 Å². The predicted octanol–water partition coefficient (Wildman–Crippen LogP) is 3.61. The first-order chi connectivity index (χ1) is 7.84. The molecule has 2 rings (SSSR count). The van der Waals surface area contributed by atoms with E-state index in [1.165, 1.54) is 12.1 Å². The third-order valence-corrected chi connectivity index (χ3v) is 3.50. The molecule has 0 radical (unpaired) electrons. The minimum absolute atomic E-state index is 0.407. The minimum atomic E-state index is -4.28. The molecule has 1 aliphatic rings. The Bertz CT molecular complexity index is 417. The number of halogens is 3. The highest BCUT2D eigenvalue weighted by Gasteiger charge is 2.41. The highest BCUT2D eigenvalue weighted by molar-refractivity contribution is 5.42. The second-order valence-corrected chi connectivity index (χ2v) is 4.86. The Morgan fingerprint density at radius 2 is 2.00 bits per heavy atom. The van der Waals surface area contributed by atoms with Crippen LogP contribution in [0.3, 0.4) is 0 Å². The maximum atomic E-state index is 13.0. The van der Waals surface area contributed by atoms with Gasteiger partial charge < -0.3 is 5.32 Å². The van der Waals surface area contributed by atoms with Crippen molar-refractivity contribution in [2.75, 3.05) is 6.54 Å². The van der Waals surface area contributed by atoms with Crippen LogP contribution in [-0.4, -0.2) is 6.54 Å². The molecule has 4 heteroatoms. The van der Waals surface area contributed by atoms with Crippen molar-refractivity contribution in [3.8, 4) is 0 Å². The van der Waals surface area contributed by atoms with Gasteiger partial charge in [-0.15, -0.1) is 0 Å². The molecule has 1 N–H and O–H groups in total. The maximum Gasteiger partial charge on any atom is 0.416 e. The third kappa shape index (κ3) is 2.18. The zero-order chi connectivity index (χ0) is 12.7. The normalized spacial score (nSPS) is 25.2. The van der Waals surface area contributed by atoms with Crippen molar-refractivity contribution < 1.29 is 13.2 Å². The number of hydrogen-bond acceptors (Lipinski definition) is 1. The van der Waals surface area contributed by atoms with Crippen molar-refractivity contribution >= 4 is 0 Å². The summed E-state index contributed by atoms with van der Waals surface area (Å²) in [5.41, 5.74) is 0.0621. The van der Waals surface area contributed by atoms with E-state index in [1.807, 2.05) is 6.92 Å². The molecule has 1 unspecified atom stereocenters. The van der Waals surface area contributed by atoms with E-state index in [-0.39, 0.29) is 0 Å². The van der Waals surface area contributed by atoms with E-state index in [4.69, 9.17) is 0 Å². The number of aryl methyl sites for hydroxylation is 1. The SMILES string of the molecule is Cc1cccc(C(F)(F)F)c1C1(C)CCCN1. The van der Waals surface area contributed by atoms with E-state index in [2.05, 4.69) is 5.32 Å². The average molecular weight is 243 g/mol. The summed E-state index contributed by atoms with van der Waals surface area (Å²) in [4.78, 5) is 0. The molecule has 1 aromatic rings. The largest absolute Gasteiger partial charge is 0.416 e. The number of benzene rings is 1. The van der Waals surface area contributed by atoms with Gasteiger partial charge >= 0.3 is 6.18 Å². The van der Waals surface area contributed by atoms with E-state index in [1.54, 1.807) is 13.0 Å². The van der Waals surface area contributed by atoms with Crippen molar-refractivity contribution in [2.45, 2.75) is 38.4 Å². The zero-order valence-corrected chi connectivity index (χ0v) is 9.99. The maximum absolute atomic E-state index is 13.0. The first kappa shape index (κ1) is 12.4. The van der Waals surface area contributed by atoms with Gasteiger partial charge in [0.2, 0.25) is 0 Å². The summed E-state index contributed by atoms with van der Waals surface area (Å²) >= 11 is 0. The molecule has 1 saturated heterocycles. The van der Waals surface area contributed by atoms with Gasteiger partial charge in [0, 0.05) is 5.54 Å². The Labute approximate surface area is 99.0 Å². The molecular weight excluding hydrogens is 227 g/mol. The van der Waals surface area contributed by atoms with Crippen LogP contribution in [-0.2, 0) is 11.7 Å². The molecular formula is C13H16F3N. The van der Waals surface area contributed by atoms with Crippen LogP contribution in [0, 0.1) is 6.92 Å². The topological polar surface area (TPSA) is 12.0 Å². The van der Waals surface area contributed by atoms with Crippen molar-refractivity contribution in [2.24, 2.45) is 0 Å². The Morgan fingerprint density at radius 3 is 2.53 bits per heavy atom. The predicted molar refractivity (Wildman–Crippen MR) is 60.8 cm³/mol. The Hall–Kier alpha value is -1.03. The second-order valence-electron chi connectivity index (χ2n) is 4.86. The van der Waals surface area contributed by atoms with Crippen LogP contribution in [0.15, 0.2) is 18.2 Å². The van der Waals surface area contributed by atoms with Gasteiger partial charge in [-0.25, -0.2) is 0 Å². The van der Waals surface area contributed by atoms with Gasteiger partial charge in [0.25, 0.3) is 0 Å². The van der Waals surface area contributed by atoms with E-state index in [0.717, 1.165) is 19.4 Å². The third-order valence-electron chi connectivity index (χ3n) is 3.50. The summed E-state index contributed by atoms with van der Waals surface area (Å²) in [5.74, 6) is 0. The number of hydrogen-bond donors (Lipinski definition) is 1. The van der Waals surface area contributed by atoms with E-state index >= 15 is 0 Å². The molecule has 0 saturated carbocycles. The minimum Gasteiger partial charge on any atom is -0.308 e. The number of rotatable bonds is 1. The van der Waals surface area contributed by atoms with Crippen molar-refractivity contribution in [1.82, 2.24) is 5.32 Å². The lowest BCUT2D eigenvalue weighted by molar-refractivity contribution is -0.138. The fourth-order valence-corrected chi connectivity index (χ4v) is 2.74. The highest BCUT2D eigenvalue weighted by atomic mass is 19.4. The highest BCUT2D eigenvalue weighted by Crippen LogP contribution is 2.41. The lowest BCUT2D eigenvalue weighted by atomic mass is 9.83. The molecule has 1 aromatic carbocycles. The summed E-state index contributed by atoms with van der Waals surface area (Å²) in [6, 6.07) is 4.39. The van der Waals surface area contributed by atoms with Gasteiger partial charge in [-0.3, -0.25) is 0 Å². The summed E-state index contributed by atoms with van der Waals surface area (Å²) in [7, 11) is 0. The first-order valence-corrected chi connectivity index (χ1v) is 5.77. The molecule has 1 heterocycles. The van der Waals surface area contributed by atoms with Gasteiger partial charge in [-0.1, -0.05) is 12.1 Å². The standard InChI is InChI=1S/C13H16F3N/c1-9-5-3-6-10(13(14,15)16)11(9)12(2)7-4-8-17-12/h3,5-6,17H,4,7-8H2,1-2H3. The Balaban J connectivity index is 2.59. The first-order valence-electron chi connectivity index (χ1n) is 5.77. The van der Waals surface area contributed by atoms with Gasteiger partial charge in [-0.2, -0.15) is 13.2 Å². The monoisotopic (exact) mass is 243 g/mol. The average Bonchev–Trinajstić information content (AvgIpc) is 2.64. The van der Waals surface area contributed by atoms with Crippen LogP contribution in [0.1, 0.15) is 36.5 Å². The molecule has 1 nitrogen and oxygen atoms in total. The fourth-order valence-electron chi connectivity index (χ4n) is 2.74. The number of alkyl halides is 3. The Morgan fingerprint density at radius 1 is 1.29 bits per heavy atom. The summed E-state index contributed by atoms with van der Waals surface area (Å²) in [6.07, 6.45) is -2.61. The van der Waals surface area contributed by atoms with Gasteiger partial charge in [0.05, 0.1) is 5.56 Å². The fraction of sp³-hybridized carbons (Fsp3) is 0.538. The smallest absolute Gasteiger partial charge is 0.308 e. The van der Waals surface area contributed by atoms with Crippen molar-refractivity contribution in [3.05, 3.63) is 34.9 Å². The van der Waals surface area contributed by atoms with E-state index < -0.39 is 17.3 Å². The molecule has 0 amide bonds. The molecule has 1 fully saturated rings. The summed E-state index contributed by atoms with van der Waals surface area (Å²) in [5, 5.41) is 3.20. The lowest BCUT2D eigenvalue weighted by Gasteiger charge is -2.30. The van der Waals surface area contributed by atoms with Gasteiger partial charge in [-0.05, 0) is 50.4 Å². The van der Waals surface area contributed by atoms with Crippen LogP contribution in [0.25, 0.3) is 0 Å². The molecule has 1 aliphatic heterocycles. The second kappa shape index (κ2) is 4.02. The van der Waals surface area contributed by atoms with E-state index in [0.29, 0.717) is 11.1 Å².